The highest BCUT2D eigenvalue weighted by atomic mass is 16.5. The number of aryl methyl sites for hydroxylation is 1. The van der Waals surface area contributed by atoms with Gasteiger partial charge in [-0.25, -0.2) is 0 Å². The number of amides is 3. The molecule has 7 aliphatic rings. The summed E-state index contributed by atoms with van der Waals surface area (Å²) in [6.07, 6.45) is 5.24. The lowest BCUT2D eigenvalue weighted by Crippen LogP contribution is -2.57. The lowest BCUT2D eigenvalue weighted by Gasteiger charge is -2.46. The summed E-state index contributed by atoms with van der Waals surface area (Å²) in [5, 5.41) is 12.7. The van der Waals surface area contributed by atoms with Crippen LogP contribution in [0.3, 0.4) is 0 Å². The number of hydrogen-bond acceptors (Lipinski definition) is 8. The minimum Gasteiger partial charge on any atom is -0.508 e. The van der Waals surface area contributed by atoms with Crippen molar-refractivity contribution in [2.45, 2.75) is 69.0 Å². The van der Waals surface area contributed by atoms with Gasteiger partial charge in [-0.15, -0.1) is 0 Å². The molecule has 0 radical (unpaired) electrons. The summed E-state index contributed by atoms with van der Waals surface area (Å²) in [5.41, 5.74) is 9.27. The van der Waals surface area contributed by atoms with Gasteiger partial charge in [0.25, 0.3) is 5.91 Å². The lowest BCUT2D eigenvalue weighted by atomic mass is 9.69. The van der Waals surface area contributed by atoms with Crippen LogP contribution in [0.2, 0.25) is 0 Å². The number of carbonyl (C=O) groups is 3. The third-order valence-corrected chi connectivity index (χ3v) is 14.7. The Labute approximate surface area is 339 Å². The van der Waals surface area contributed by atoms with Crippen molar-refractivity contribution >= 4 is 29.1 Å². The zero-order valence-corrected chi connectivity index (χ0v) is 32.9. The first-order valence-corrected chi connectivity index (χ1v) is 21.5. The van der Waals surface area contributed by atoms with Crippen LogP contribution in [0.4, 0.5) is 11.4 Å². The van der Waals surface area contributed by atoms with Crippen molar-refractivity contribution in [1.29, 1.82) is 0 Å². The molecule has 4 fully saturated rings. The van der Waals surface area contributed by atoms with Crippen molar-refractivity contribution < 1.29 is 24.2 Å². The zero-order valence-electron chi connectivity index (χ0n) is 32.9. The molecule has 0 bridgehead atoms. The third-order valence-electron chi connectivity index (χ3n) is 14.7. The van der Waals surface area contributed by atoms with Gasteiger partial charge in [0.05, 0.1) is 11.7 Å². The fourth-order valence-corrected chi connectivity index (χ4v) is 12.0. The SMILES string of the molecule is O=C1CCC(N2Cc3cc4c(cc3C2=O)OC[C@@H]2CN(CC3C[C@@H]5CN(c6ccc([C@@H]7c8ccc(O)cc8CC[C@@H]7c7ccccc7)cc6)C[C@@H]5C3)CCN42)C(=O)N1. The second-order valence-corrected chi connectivity index (χ2v) is 18.1. The van der Waals surface area contributed by atoms with Crippen molar-refractivity contribution in [3.63, 3.8) is 0 Å². The summed E-state index contributed by atoms with van der Waals surface area (Å²) in [5.74, 6) is 3.15. The van der Waals surface area contributed by atoms with E-state index in [4.69, 9.17) is 4.74 Å². The van der Waals surface area contributed by atoms with Crippen LogP contribution in [-0.2, 0) is 22.6 Å². The number of fused-ring (bicyclic) bond motifs is 6. The number of nitrogens with zero attached hydrogens (tertiary/aromatic N) is 4. The molecule has 5 heterocycles. The molecule has 3 saturated heterocycles. The van der Waals surface area contributed by atoms with Crippen LogP contribution in [-0.4, -0.2) is 90.6 Å². The van der Waals surface area contributed by atoms with Crippen LogP contribution in [0.25, 0.3) is 0 Å². The Morgan fingerprint density at radius 2 is 1.59 bits per heavy atom. The number of benzene rings is 4. The fourth-order valence-electron chi connectivity index (χ4n) is 12.0. The van der Waals surface area contributed by atoms with Crippen molar-refractivity contribution in [3.05, 3.63) is 118 Å². The summed E-state index contributed by atoms with van der Waals surface area (Å²) >= 11 is 0. The number of anilines is 2. The summed E-state index contributed by atoms with van der Waals surface area (Å²) in [6, 6.07) is 30.0. The first-order valence-electron chi connectivity index (χ1n) is 21.5. The van der Waals surface area contributed by atoms with Crippen LogP contribution in [0.15, 0.2) is 84.9 Å². The molecule has 3 amide bonds. The number of carbonyl (C=O) groups excluding carboxylic acids is 3. The predicted octanol–water partition coefficient (Wildman–Crippen LogP) is 6.06. The second kappa shape index (κ2) is 14.2. The summed E-state index contributed by atoms with van der Waals surface area (Å²) in [7, 11) is 0. The Hall–Kier alpha value is -5.35. The van der Waals surface area contributed by atoms with Gasteiger partial charge < -0.3 is 24.5 Å². The molecule has 4 aromatic rings. The van der Waals surface area contributed by atoms with Crippen molar-refractivity contribution in [2.24, 2.45) is 17.8 Å². The molecule has 5 aliphatic heterocycles. The van der Waals surface area contributed by atoms with Gasteiger partial charge in [-0.3, -0.25) is 24.6 Å². The van der Waals surface area contributed by atoms with Gasteiger partial charge in [0.1, 0.15) is 24.1 Å². The molecule has 2 aliphatic carbocycles. The molecule has 298 valence electrons. The topological polar surface area (TPSA) is 106 Å². The van der Waals surface area contributed by atoms with Crippen LogP contribution in [0.1, 0.15) is 82.1 Å². The van der Waals surface area contributed by atoms with E-state index in [1.165, 1.54) is 40.8 Å². The van der Waals surface area contributed by atoms with Gasteiger partial charge in [0.15, 0.2) is 0 Å². The molecule has 4 aromatic carbocycles. The third kappa shape index (κ3) is 6.22. The minimum absolute atomic E-state index is 0.160. The number of aromatic hydroxyl groups is 1. The van der Waals surface area contributed by atoms with Crippen LogP contribution in [0, 0.1) is 17.8 Å². The van der Waals surface area contributed by atoms with E-state index in [1.807, 2.05) is 18.2 Å². The predicted molar refractivity (Wildman–Crippen MR) is 221 cm³/mol. The van der Waals surface area contributed by atoms with E-state index in [1.54, 1.807) is 4.90 Å². The fraction of sp³-hybridized carbons (Fsp3) is 0.438. The van der Waals surface area contributed by atoms with Crippen LogP contribution < -0.4 is 19.9 Å². The van der Waals surface area contributed by atoms with Gasteiger partial charge in [-0.1, -0.05) is 48.5 Å². The molecule has 0 spiro atoms. The number of phenols is 1. The van der Waals surface area contributed by atoms with Gasteiger partial charge >= 0.3 is 0 Å². The largest absolute Gasteiger partial charge is 0.508 e. The highest BCUT2D eigenvalue weighted by Gasteiger charge is 2.44. The standard InChI is InChI=1S/C48H51N5O5/c54-38-11-13-40-32(20-38)8-12-39(30-4-2-1-3-5-30)46(40)31-6-9-36(10-7-31)51-24-33-18-29(19-34(33)25-51)23-50-16-17-52-37(27-50)28-58-44-22-41-35(21-43(44)52)26-53(48(41)57)42-14-15-45(55)49-47(42)56/h1-7,9-11,13,20-22,29,33-34,37,39,42,46,54H,8,12,14-19,23-28H2,(H,49,55,56)/t29?,33-,34+,37-,39+,42?,46-/m0/s1. The number of phenolic OH excluding ortho intramolecular Hbond substituents is 1. The number of piperidine rings is 1. The Kier molecular flexibility index (Phi) is 8.75. The maximum Gasteiger partial charge on any atom is 0.255 e. The van der Waals surface area contributed by atoms with Gasteiger partial charge in [-0.2, -0.15) is 0 Å². The van der Waals surface area contributed by atoms with Gasteiger partial charge in [0, 0.05) is 69.4 Å². The molecule has 7 atom stereocenters. The Morgan fingerprint density at radius 1 is 0.776 bits per heavy atom. The maximum absolute atomic E-state index is 13.4. The molecule has 1 saturated carbocycles. The van der Waals surface area contributed by atoms with E-state index < -0.39 is 6.04 Å². The van der Waals surface area contributed by atoms with Crippen molar-refractivity contribution in [2.75, 3.05) is 55.7 Å². The van der Waals surface area contributed by atoms with E-state index in [9.17, 15) is 19.5 Å². The molecule has 2 N–H and O–H groups in total. The molecular weight excluding hydrogens is 727 g/mol. The van der Waals surface area contributed by atoms with Crippen LogP contribution >= 0.6 is 0 Å². The summed E-state index contributed by atoms with van der Waals surface area (Å²) in [4.78, 5) is 47.1. The quantitative estimate of drug-likeness (QED) is 0.228. The molecular formula is C48H51N5O5. The minimum atomic E-state index is -0.617. The monoisotopic (exact) mass is 777 g/mol. The van der Waals surface area contributed by atoms with E-state index >= 15 is 0 Å². The zero-order chi connectivity index (χ0) is 39.1. The van der Waals surface area contributed by atoms with Crippen molar-refractivity contribution in [3.8, 4) is 11.5 Å². The molecule has 2 unspecified atom stereocenters. The van der Waals surface area contributed by atoms with Crippen LogP contribution in [0.5, 0.6) is 11.5 Å². The van der Waals surface area contributed by atoms with Gasteiger partial charge in [-0.05, 0) is 120 Å². The molecule has 10 nitrogen and oxygen atoms in total. The van der Waals surface area contributed by atoms with Crippen molar-refractivity contribution in [1.82, 2.24) is 15.1 Å². The van der Waals surface area contributed by atoms with Gasteiger partial charge in [0.2, 0.25) is 11.8 Å². The van der Waals surface area contributed by atoms with E-state index in [-0.39, 0.29) is 36.1 Å². The smallest absolute Gasteiger partial charge is 0.255 e. The maximum atomic E-state index is 13.4. The normalized spacial score (nSPS) is 29.0. The first kappa shape index (κ1) is 35.8. The average Bonchev–Trinajstić information content (AvgIpc) is 3.91. The Balaban J connectivity index is 0.709. The second-order valence-electron chi connectivity index (χ2n) is 18.1. The summed E-state index contributed by atoms with van der Waals surface area (Å²) in [6.45, 7) is 7.29. The highest BCUT2D eigenvalue weighted by Crippen LogP contribution is 2.48. The molecule has 11 rings (SSSR count). The first-order chi connectivity index (χ1) is 28.3. The highest BCUT2D eigenvalue weighted by molar-refractivity contribution is 6.06. The molecule has 10 heteroatoms. The summed E-state index contributed by atoms with van der Waals surface area (Å²) < 4.78 is 6.32. The Bertz CT molecular complexity index is 2270. The number of nitrogens with one attached hydrogen (secondary N) is 1. The average molecular weight is 778 g/mol. The van der Waals surface area contributed by atoms with E-state index in [0.29, 0.717) is 36.8 Å². The molecule has 0 aromatic heterocycles. The number of ether oxygens (including phenoxy) is 1. The lowest BCUT2D eigenvalue weighted by molar-refractivity contribution is -0.136. The number of imide groups is 1. The van der Waals surface area contributed by atoms with E-state index in [0.717, 1.165) is 86.9 Å². The molecule has 58 heavy (non-hydrogen) atoms. The Morgan fingerprint density at radius 3 is 2.38 bits per heavy atom. The number of piperazine rings is 1. The number of rotatable bonds is 6. The number of hydrogen-bond donors (Lipinski definition) is 2. The van der Waals surface area contributed by atoms with E-state index in [2.05, 4.69) is 86.7 Å².